The van der Waals surface area contributed by atoms with Crippen LogP contribution in [0.2, 0.25) is 0 Å². The van der Waals surface area contributed by atoms with Crippen LogP contribution in [0.3, 0.4) is 0 Å². The van der Waals surface area contributed by atoms with Gasteiger partial charge in [0.2, 0.25) is 0 Å². The fourth-order valence-corrected chi connectivity index (χ4v) is 3.74. The summed E-state index contributed by atoms with van der Waals surface area (Å²) in [5, 5.41) is 22.0. The molecule has 0 aliphatic heterocycles. The number of aromatic hydroxyl groups is 2. The molecule has 0 saturated heterocycles. The Hall–Kier alpha value is -2.29. The van der Waals surface area contributed by atoms with E-state index in [0.29, 0.717) is 11.4 Å². The number of rotatable bonds is 2. The Labute approximate surface area is 195 Å². The molecule has 0 atom stereocenters. The van der Waals surface area contributed by atoms with Gasteiger partial charge in [0, 0.05) is 22.9 Å². The molecule has 0 aromatic heterocycles. The van der Waals surface area contributed by atoms with E-state index in [-0.39, 0.29) is 27.4 Å². The first-order chi connectivity index (χ1) is 14.2. The second kappa shape index (κ2) is 8.24. The number of nitrogens with zero attached hydrogens (tertiary/aromatic N) is 1. The van der Waals surface area contributed by atoms with E-state index in [0.717, 1.165) is 27.8 Å². The summed E-state index contributed by atoms with van der Waals surface area (Å²) in [6.45, 7) is 25.4. The fourth-order valence-electron chi connectivity index (χ4n) is 3.74. The van der Waals surface area contributed by atoms with Crippen molar-refractivity contribution in [3.05, 3.63) is 52.1 Å². The molecule has 0 spiro atoms. The van der Waals surface area contributed by atoms with E-state index in [9.17, 15) is 10.2 Å². The van der Waals surface area contributed by atoms with Gasteiger partial charge in [-0.25, -0.2) is 0 Å². The number of phenolic OH excluding ortho intramolecular Hbond substituents is 2. The maximum Gasteiger partial charge on any atom is 0.144 e. The predicted molar refractivity (Wildman–Crippen MR) is 138 cm³/mol. The minimum absolute atomic E-state index is 0.0602. The van der Waals surface area contributed by atoms with Gasteiger partial charge in [-0.1, -0.05) is 89.2 Å². The second-order valence-electron chi connectivity index (χ2n) is 13.1. The molecule has 3 nitrogen and oxygen atoms in total. The van der Waals surface area contributed by atoms with Gasteiger partial charge < -0.3 is 10.2 Å². The Balaban J connectivity index is 2.72. The van der Waals surface area contributed by atoms with Crippen molar-refractivity contribution in [2.24, 2.45) is 4.99 Å². The van der Waals surface area contributed by atoms with Crippen molar-refractivity contribution in [3.63, 3.8) is 0 Å². The molecule has 0 aliphatic rings. The standard InChI is InChI=1S/C29H43NO2/c1-26(2,3)19-15-22(29(10,11)12)25(32)23(16-19)30-17-18-13-20(27(4,5)6)24(31)21(14-18)28(7,8)9/h13-17,31-32H,1-12H3. The van der Waals surface area contributed by atoms with Crippen LogP contribution < -0.4 is 0 Å². The summed E-state index contributed by atoms with van der Waals surface area (Å²) >= 11 is 0. The van der Waals surface area contributed by atoms with Crippen molar-refractivity contribution < 1.29 is 10.2 Å². The second-order valence-corrected chi connectivity index (χ2v) is 13.1. The van der Waals surface area contributed by atoms with Crippen molar-refractivity contribution in [3.8, 4) is 11.5 Å². The van der Waals surface area contributed by atoms with E-state index in [1.807, 2.05) is 18.2 Å². The predicted octanol–water partition coefficient (Wildman–Crippen LogP) is 8.04. The Morgan fingerprint density at radius 3 is 1.34 bits per heavy atom. The lowest BCUT2D eigenvalue weighted by atomic mass is 9.78. The summed E-state index contributed by atoms with van der Waals surface area (Å²) in [6.07, 6.45) is 1.80. The first-order valence-electron chi connectivity index (χ1n) is 11.5. The lowest BCUT2D eigenvalue weighted by Gasteiger charge is -2.28. The van der Waals surface area contributed by atoms with Crippen LogP contribution in [-0.4, -0.2) is 16.4 Å². The third-order valence-electron chi connectivity index (χ3n) is 5.86. The molecule has 0 bridgehead atoms. The summed E-state index contributed by atoms with van der Waals surface area (Å²) in [6, 6.07) is 8.09. The Kier molecular flexibility index (Phi) is 6.69. The number of phenols is 2. The van der Waals surface area contributed by atoms with Crippen LogP contribution in [0.15, 0.2) is 29.3 Å². The van der Waals surface area contributed by atoms with Crippen molar-refractivity contribution in [2.75, 3.05) is 0 Å². The number of benzene rings is 2. The summed E-state index contributed by atoms with van der Waals surface area (Å²) < 4.78 is 0. The van der Waals surface area contributed by atoms with Crippen LogP contribution in [0.5, 0.6) is 11.5 Å². The summed E-state index contributed by atoms with van der Waals surface area (Å²) in [5.41, 5.74) is 4.65. The molecular formula is C29H43NO2. The molecule has 0 amide bonds. The lowest BCUT2D eigenvalue weighted by molar-refractivity contribution is 0.423. The van der Waals surface area contributed by atoms with E-state index in [1.165, 1.54) is 0 Å². The van der Waals surface area contributed by atoms with Gasteiger partial charge in [0.15, 0.2) is 0 Å². The van der Waals surface area contributed by atoms with E-state index in [2.05, 4.69) is 89.2 Å². The van der Waals surface area contributed by atoms with Gasteiger partial charge in [-0.05, 0) is 51.0 Å². The first kappa shape index (κ1) is 26.0. The van der Waals surface area contributed by atoms with E-state index in [4.69, 9.17) is 4.99 Å². The van der Waals surface area contributed by atoms with Crippen molar-refractivity contribution in [1.29, 1.82) is 0 Å². The van der Waals surface area contributed by atoms with Gasteiger partial charge in [-0.15, -0.1) is 0 Å². The zero-order chi connectivity index (χ0) is 24.9. The van der Waals surface area contributed by atoms with E-state index in [1.54, 1.807) is 6.21 Å². The first-order valence-corrected chi connectivity index (χ1v) is 11.5. The van der Waals surface area contributed by atoms with Crippen LogP contribution in [-0.2, 0) is 21.7 Å². The lowest BCUT2D eigenvalue weighted by Crippen LogP contribution is -2.18. The molecule has 2 aromatic rings. The molecule has 32 heavy (non-hydrogen) atoms. The smallest absolute Gasteiger partial charge is 0.144 e. The SMILES string of the molecule is CC(C)(C)c1cc(N=Cc2cc(C(C)(C)C)c(O)c(C(C)(C)C)c2)c(O)c(C(C)(C)C)c1. The van der Waals surface area contributed by atoms with Crippen LogP contribution in [0.4, 0.5) is 5.69 Å². The molecule has 2 aromatic carbocycles. The quantitative estimate of drug-likeness (QED) is 0.467. The monoisotopic (exact) mass is 437 g/mol. The highest BCUT2D eigenvalue weighted by Gasteiger charge is 2.27. The highest BCUT2D eigenvalue weighted by atomic mass is 16.3. The van der Waals surface area contributed by atoms with Gasteiger partial charge in [0.1, 0.15) is 17.2 Å². The van der Waals surface area contributed by atoms with E-state index >= 15 is 0 Å². The molecule has 0 radical (unpaired) electrons. The van der Waals surface area contributed by atoms with Gasteiger partial charge in [-0.3, -0.25) is 4.99 Å². The largest absolute Gasteiger partial charge is 0.507 e. The fraction of sp³-hybridized carbons (Fsp3) is 0.552. The molecule has 0 fully saturated rings. The minimum atomic E-state index is -0.207. The van der Waals surface area contributed by atoms with Crippen LogP contribution in [0.25, 0.3) is 0 Å². The molecule has 0 aliphatic carbocycles. The molecule has 0 saturated carbocycles. The minimum Gasteiger partial charge on any atom is -0.507 e. The average Bonchev–Trinajstić information content (AvgIpc) is 2.57. The van der Waals surface area contributed by atoms with Gasteiger partial charge in [0.05, 0.1) is 0 Å². The summed E-state index contributed by atoms with van der Waals surface area (Å²) in [4.78, 5) is 4.74. The highest BCUT2D eigenvalue weighted by Crippen LogP contribution is 2.42. The molecule has 0 unspecified atom stereocenters. The molecule has 3 heteroatoms. The zero-order valence-electron chi connectivity index (χ0n) is 22.2. The average molecular weight is 438 g/mol. The Morgan fingerprint density at radius 2 is 0.969 bits per heavy atom. The zero-order valence-corrected chi connectivity index (χ0v) is 22.2. The summed E-state index contributed by atoms with van der Waals surface area (Å²) in [7, 11) is 0. The molecule has 0 heterocycles. The molecule has 2 N–H and O–H groups in total. The Bertz CT molecular complexity index is 982. The molecule has 2 rings (SSSR count). The van der Waals surface area contributed by atoms with Crippen LogP contribution in [0, 0.1) is 0 Å². The van der Waals surface area contributed by atoms with Crippen molar-refractivity contribution in [2.45, 2.75) is 105 Å². The maximum absolute atomic E-state index is 11.1. The van der Waals surface area contributed by atoms with Crippen LogP contribution in [0.1, 0.15) is 111 Å². The number of hydrogen-bond acceptors (Lipinski definition) is 3. The van der Waals surface area contributed by atoms with Gasteiger partial charge >= 0.3 is 0 Å². The number of hydrogen-bond donors (Lipinski definition) is 2. The highest BCUT2D eigenvalue weighted by molar-refractivity contribution is 5.84. The number of aliphatic imine (C=N–C) groups is 1. The maximum atomic E-state index is 11.1. The van der Waals surface area contributed by atoms with Crippen molar-refractivity contribution in [1.82, 2.24) is 0 Å². The summed E-state index contributed by atoms with van der Waals surface area (Å²) in [5.74, 6) is 0.586. The van der Waals surface area contributed by atoms with Crippen LogP contribution >= 0.6 is 0 Å². The topological polar surface area (TPSA) is 52.8 Å². The van der Waals surface area contributed by atoms with Gasteiger partial charge in [0.25, 0.3) is 0 Å². The Morgan fingerprint density at radius 1 is 0.562 bits per heavy atom. The normalized spacial score (nSPS) is 13.8. The van der Waals surface area contributed by atoms with Crippen molar-refractivity contribution >= 4 is 11.9 Å². The molecule has 176 valence electrons. The van der Waals surface area contributed by atoms with E-state index < -0.39 is 0 Å². The third kappa shape index (κ3) is 5.74. The third-order valence-corrected chi connectivity index (χ3v) is 5.86. The molecular weight excluding hydrogens is 394 g/mol. The van der Waals surface area contributed by atoms with Gasteiger partial charge in [-0.2, -0.15) is 0 Å².